The minimum Gasteiger partial charge on any atom is -0.423 e. The molecule has 0 radical (unpaired) electrons. The number of hydrogen-bond acceptors (Lipinski definition) is 7. The largest absolute Gasteiger partial charge is 0.423 e. The van der Waals surface area contributed by atoms with Gasteiger partial charge in [0.15, 0.2) is 5.82 Å². The fourth-order valence-electron chi connectivity index (χ4n) is 3.86. The maximum atomic E-state index is 13.5. The molecule has 0 N–H and O–H groups in total. The molecular weight excluding hydrogens is 656 g/mol. The van der Waals surface area contributed by atoms with Crippen LogP contribution >= 0.6 is 31.9 Å². The number of benzene rings is 4. The Kier molecular flexibility index (Phi) is 8.27. The summed E-state index contributed by atoms with van der Waals surface area (Å²) < 4.78 is 8.35. The van der Waals surface area contributed by atoms with Crippen LogP contribution < -0.4 is 10.3 Å². The van der Waals surface area contributed by atoms with Crippen LogP contribution in [0.3, 0.4) is 0 Å². The highest BCUT2D eigenvalue weighted by atomic mass is 79.9. The Balaban J connectivity index is 1.48. The van der Waals surface area contributed by atoms with Crippen molar-refractivity contribution < 1.29 is 14.5 Å². The first-order chi connectivity index (χ1) is 19.8. The van der Waals surface area contributed by atoms with Gasteiger partial charge in [-0.3, -0.25) is 14.9 Å². The van der Waals surface area contributed by atoms with E-state index in [2.05, 4.69) is 37.0 Å². The summed E-state index contributed by atoms with van der Waals surface area (Å²) in [6.45, 7) is 0. The van der Waals surface area contributed by atoms with Crippen LogP contribution in [-0.2, 0) is 4.79 Å². The molecule has 1 heterocycles. The first-order valence-electron chi connectivity index (χ1n) is 12.0. The number of aromatic nitrogens is 2. The number of esters is 1. The van der Waals surface area contributed by atoms with Gasteiger partial charge in [0.25, 0.3) is 11.2 Å². The summed E-state index contributed by atoms with van der Waals surface area (Å²) in [4.78, 5) is 41.1. The van der Waals surface area contributed by atoms with Gasteiger partial charge in [-0.15, -0.1) is 0 Å². The quantitative estimate of drug-likeness (QED) is 0.0459. The highest BCUT2D eigenvalue weighted by molar-refractivity contribution is 9.10. The predicted octanol–water partition coefficient (Wildman–Crippen LogP) is 7.00. The SMILES string of the molecule is O=C(/C=C/c1ccc([N+](=O)[O-])cc1)Oc1ccc(Br)cc1C=Nn1c(-c2ccc(Br)cc2)nc2ccccc2c1=O. The van der Waals surface area contributed by atoms with Crippen molar-refractivity contribution in [3.8, 4) is 17.1 Å². The predicted molar refractivity (Wildman–Crippen MR) is 164 cm³/mol. The fourth-order valence-corrected chi connectivity index (χ4v) is 4.51. The summed E-state index contributed by atoms with van der Waals surface area (Å²) in [5, 5.41) is 15.7. The number of non-ortho nitro benzene ring substituents is 1. The third-order valence-corrected chi connectivity index (χ3v) is 6.89. The lowest BCUT2D eigenvalue weighted by molar-refractivity contribution is -0.384. The molecule has 0 saturated heterocycles. The number of halogens is 2. The smallest absolute Gasteiger partial charge is 0.336 e. The Morgan fingerprint density at radius 2 is 1.66 bits per heavy atom. The maximum Gasteiger partial charge on any atom is 0.336 e. The zero-order chi connectivity index (χ0) is 28.9. The topological polar surface area (TPSA) is 117 Å². The monoisotopic (exact) mass is 672 g/mol. The molecule has 0 saturated carbocycles. The molecule has 11 heteroatoms. The van der Waals surface area contributed by atoms with Crippen LogP contribution in [0.5, 0.6) is 5.75 Å². The summed E-state index contributed by atoms with van der Waals surface area (Å²) in [5.74, 6) is -0.111. The zero-order valence-corrected chi connectivity index (χ0v) is 24.2. The lowest BCUT2D eigenvalue weighted by Crippen LogP contribution is -2.20. The Bertz CT molecular complexity index is 1900. The van der Waals surface area contributed by atoms with Crippen molar-refractivity contribution in [2.45, 2.75) is 0 Å². The van der Waals surface area contributed by atoms with Gasteiger partial charge in [0.1, 0.15) is 5.75 Å². The molecule has 0 spiro atoms. The van der Waals surface area contributed by atoms with Crippen LogP contribution in [0.1, 0.15) is 11.1 Å². The minimum absolute atomic E-state index is 0.0486. The third kappa shape index (κ3) is 6.53. The van der Waals surface area contributed by atoms with E-state index in [1.165, 1.54) is 47.3 Å². The molecule has 41 heavy (non-hydrogen) atoms. The van der Waals surface area contributed by atoms with Crippen molar-refractivity contribution in [2.24, 2.45) is 5.10 Å². The minimum atomic E-state index is -0.666. The number of nitro benzene ring substituents is 1. The van der Waals surface area contributed by atoms with Crippen LogP contribution in [0, 0.1) is 10.1 Å². The summed E-state index contributed by atoms with van der Waals surface area (Å²) in [5.41, 5.74) is 1.84. The van der Waals surface area contributed by atoms with Gasteiger partial charge in [0.2, 0.25) is 0 Å². The van der Waals surface area contributed by atoms with Gasteiger partial charge >= 0.3 is 5.97 Å². The van der Waals surface area contributed by atoms with Crippen LogP contribution in [0.15, 0.2) is 116 Å². The second-order valence-corrected chi connectivity index (χ2v) is 10.4. The second kappa shape index (κ2) is 12.2. The number of carbonyl (C=O) groups is 1. The number of carbonyl (C=O) groups excluding carboxylic acids is 1. The normalized spacial score (nSPS) is 11.4. The molecule has 9 nitrogen and oxygen atoms in total. The van der Waals surface area contributed by atoms with E-state index < -0.39 is 10.9 Å². The third-order valence-electron chi connectivity index (χ3n) is 5.87. The molecule has 0 aliphatic carbocycles. The van der Waals surface area contributed by atoms with E-state index in [1.54, 1.807) is 36.4 Å². The van der Waals surface area contributed by atoms with E-state index in [0.717, 1.165) is 4.47 Å². The first-order valence-corrected chi connectivity index (χ1v) is 13.6. The Morgan fingerprint density at radius 1 is 0.951 bits per heavy atom. The van der Waals surface area contributed by atoms with Crippen molar-refractivity contribution in [1.29, 1.82) is 0 Å². The molecule has 0 bridgehead atoms. The Hall–Kier alpha value is -4.74. The Morgan fingerprint density at radius 3 is 2.39 bits per heavy atom. The van der Waals surface area contributed by atoms with Crippen molar-refractivity contribution in [3.63, 3.8) is 0 Å². The molecule has 0 aliphatic heterocycles. The number of nitrogens with zero attached hydrogens (tertiary/aromatic N) is 4. The van der Waals surface area contributed by atoms with Gasteiger partial charge in [-0.05, 0) is 66.2 Å². The standard InChI is InChI=1S/C30H18Br2N4O5/c31-22-10-8-20(9-11-22)29-34-26-4-2-1-3-25(26)30(38)35(29)33-18-21-17-23(32)12-15-27(21)41-28(37)16-7-19-5-13-24(14-6-19)36(39)40/h1-18H/b16-7+,33-18?. The molecule has 5 rings (SSSR count). The van der Waals surface area contributed by atoms with Crippen LogP contribution in [0.4, 0.5) is 5.69 Å². The molecule has 0 aliphatic rings. The molecule has 0 amide bonds. The van der Waals surface area contributed by atoms with Crippen LogP contribution in [0.2, 0.25) is 0 Å². The van der Waals surface area contributed by atoms with E-state index in [-0.39, 0.29) is 17.0 Å². The van der Waals surface area contributed by atoms with Crippen LogP contribution in [-0.4, -0.2) is 26.8 Å². The molecular formula is C30H18Br2N4O5. The molecule has 0 fully saturated rings. The lowest BCUT2D eigenvalue weighted by atomic mass is 10.2. The van der Waals surface area contributed by atoms with Crippen molar-refractivity contribution in [3.05, 3.63) is 138 Å². The van der Waals surface area contributed by atoms with Crippen molar-refractivity contribution in [2.75, 3.05) is 0 Å². The van der Waals surface area contributed by atoms with E-state index >= 15 is 0 Å². The highest BCUT2D eigenvalue weighted by Crippen LogP contribution is 2.24. The second-order valence-electron chi connectivity index (χ2n) is 8.61. The Labute approximate surface area is 249 Å². The fraction of sp³-hybridized carbons (Fsp3) is 0. The number of hydrogen-bond donors (Lipinski definition) is 0. The molecule has 202 valence electrons. The molecule has 0 atom stereocenters. The average Bonchev–Trinajstić information content (AvgIpc) is 2.97. The number of nitro groups is 1. The highest BCUT2D eigenvalue weighted by Gasteiger charge is 2.13. The van der Waals surface area contributed by atoms with Gasteiger partial charge in [-0.2, -0.15) is 9.78 Å². The van der Waals surface area contributed by atoms with Crippen LogP contribution in [0.25, 0.3) is 28.4 Å². The van der Waals surface area contributed by atoms with Gasteiger partial charge in [-0.25, -0.2) is 9.78 Å². The van der Waals surface area contributed by atoms with E-state index in [0.29, 0.717) is 37.9 Å². The molecule has 0 unspecified atom stereocenters. The zero-order valence-electron chi connectivity index (χ0n) is 21.0. The van der Waals surface area contributed by atoms with E-state index in [1.807, 2.05) is 30.3 Å². The summed E-state index contributed by atoms with van der Waals surface area (Å²) >= 11 is 6.85. The molecule has 1 aromatic heterocycles. The lowest BCUT2D eigenvalue weighted by Gasteiger charge is -2.10. The molecule has 4 aromatic carbocycles. The van der Waals surface area contributed by atoms with Gasteiger partial charge in [0.05, 0.1) is 22.0 Å². The van der Waals surface area contributed by atoms with E-state index in [9.17, 15) is 19.7 Å². The number of fused-ring (bicyclic) bond motifs is 1. The van der Waals surface area contributed by atoms with Gasteiger partial charge in [0, 0.05) is 38.3 Å². The van der Waals surface area contributed by atoms with E-state index in [4.69, 9.17) is 9.72 Å². The van der Waals surface area contributed by atoms with Gasteiger partial charge in [-0.1, -0.05) is 56.1 Å². The number of rotatable bonds is 7. The summed E-state index contributed by atoms with van der Waals surface area (Å²) in [6, 6.07) is 25.1. The number of para-hydroxylation sites is 1. The summed E-state index contributed by atoms with van der Waals surface area (Å²) in [6.07, 6.45) is 4.13. The first kappa shape index (κ1) is 27.8. The van der Waals surface area contributed by atoms with Gasteiger partial charge < -0.3 is 4.74 Å². The van der Waals surface area contributed by atoms with Crippen molar-refractivity contribution >= 4 is 66.7 Å². The number of ether oxygens (including phenoxy) is 1. The van der Waals surface area contributed by atoms with Crippen molar-refractivity contribution in [1.82, 2.24) is 9.66 Å². The summed E-state index contributed by atoms with van der Waals surface area (Å²) in [7, 11) is 0. The maximum absolute atomic E-state index is 13.5. The average molecular weight is 674 g/mol. The molecule has 5 aromatic rings.